The molecule has 1 fully saturated rings. The largest absolute Gasteiger partial charge is 0.484 e. The molecule has 2 aliphatic rings. The molecule has 2 amide bonds. The Labute approximate surface area is 127 Å². The van der Waals surface area contributed by atoms with E-state index in [1.807, 2.05) is 0 Å². The molecule has 2 aliphatic heterocycles. The second-order valence-corrected chi connectivity index (χ2v) is 5.22. The summed E-state index contributed by atoms with van der Waals surface area (Å²) in [5.74, 6) is 0.680. The number of amides is 2. The average Bonchev–Trinajstić information content (AvgIpc) is 3.04. The van der Waals surface area contributed by atoms with Crippen LogP contribution in [0.25, 0.3) is 0 Å². The van der Waals surface area contributed by atoms with Gasteiger partial charge in [0.2, 0.25) is 0 Å². The van der Waals surface area contributed by atoms with Crippen molar-refractivity contribution in [2.24, 2.45) is 0 Å². The van der Waals surface area contributed by atoms with Crippen LogP contribution < -0.4 is 20.1 Å². The SMILES string of the molecule is O=C(COc1ccc2c(c1)NC(=O)CO2)NCC1CCCO1. The van der Waals surface area contributed by atoms with Crippen molar-refractivity contribution in [1.29, 1.82) is 0 Å². The van der Waals surface area contributed by atoms with E-state index >= 15 is 0 Å². The molecule has 2 N–H and O–H groups in total. The quantitative estimate of drug-likeness (QED) is 0.836. The van der Waals surface area contributed by atoms with Crippen LogP contribution in [0, 0.1) is 0 Å². The van der Waals surface area contributed by atoms with Gasteiger partial charge in [0.15, 0.2) is 13.2 Å². The van der Waals surface area contributed by atoms with Gasteiger partial charge >= 0.3 is 0 Å². The zero-order valence-electron chi connectivity index (χ0n) is 12.1. The van der Waals surface area contributed by atoms with Gasteiger partial charge in [0, 0.05) is 19.2 Å². The van der Waals surface area contributed by atoms with Gasteiger partial charge in [0.05, 0.1) is 11.8 Å². The highest BCUT2D eigenvalue weighted by atomic mass is 16.5. The van der Waals surface area contributed by atoms with Crippen LogP contribution in [-0.4, -0.2) is 44.3 Å². The Morgan fingerprint density at radius 1 is 1.45 bits per heavy atom. The van der Waals surface area contributed by atoms with Crippen molar-refractivity contribution >= 4 is 17.5 Å². The first-order valence-electron chi connectivity index (χ1n) is 7.28. The fourth-order valence-electron chi connectivity index (χ4n) is 2.38. The topological polar surface area (TPSA) is 85.9 Å². The molecule has 1 atom stereocenters. The lowest BCUT2D eigenvalue weighted by atomic mass is 10.2. The van der Waals surface area contributed by atoms with E-state index in [1.165, 1.54) is 0 Å². The fourth-order valence-corrected chi connectivity index (χ4v) is 2.38. The molecule has 1 unspecified atom stereocenters. The van der Waals surface area contributed by atoms with Crippen molar-refractivity contribution in [2.75, 3.05) is 31.7 Å². The van der Waals surface area contributed by atoms with E-state index in [9.17, 15) is 9.59 Å². The summed E-state index contributed by atoms with van der Waals surface area (Å²) in [6.07, 6.45) is 2.13. The Morgan fingerprint density at radius 2 is 2.36 bits per heavy atom. The standard InChI is InChI=1S/C15H18N2O5/c18-14(16-7-11-2-1-5-20-11)8-21-10-3-4-13-12(6-10)17-15(19)9-22-13/h3-4,6,11H,1-2,5,7-9H2,(H,16,18)(H,17,19). The molecule has 1 saturated heterocycles. The van der Waals surface area contributed by atoms with E-state index in [0.717, 1.165) is 19.4 Å². The first kappa shape index (κ1) is 14.6. The highest BCUT2D eigenvalue weighted by Gasteiger charge is 2.18. The number of carbonyl (C=O) groups excluding carboxylic acids is 2. The lowest BCUT2D eigenvalue weighted by Crippen LogP contribution is -2.35. The lowest BCUT2D eigenvalue weighted by Gasteiger charge is -2.18. The molecular formula is C15H18N2O5. The highest BCUT2D eigenvalue weighted by Crippen LogP contribution is 2.31. The normalized spacial score (nSPS) is 19.8. The average molecular weight is 306 g/mol. The Hall–Kier alpha value is -2.28. The predicted octanol–water partition coefficient (Wildman–Crippen LogP) is 0.691. The first-order valence-corrected chi connectivity index (χ1v) is 7.28. The second kappa shape index (κ2) is 6.65. The zero-order chi connectivity index (χ0) is 15.4. The van der Waals surface area contributed by atoms with Gasteiger partial charge in [-0.2, -0.15) is 0 Å². The minimum atomic E-state index is -0.209. The molecule has 0 aliphatic carbocycles. The number of nitrogens with one attached hydrogen (secondary N) is 2. The van der Waals surface area contributed by atoms with E-state index in [2.05, 4.69) is 10.6 Å². The summed E-state index contributed by atoms with van der Waals surface area (Å²) in [6, 6.07) is 5.04. The number of anilines is 1. The number of hydrogen-bond donors (Lipinski definition) is 2. The summed E-state index contributed by atoms with van der Waals surface area (Å²) in [6.45, 7) is 1.20. The molecule has 3 rings (SSSR count). The van der Waals surface area contributed by atoms with Crippen LogP contribution in [0.5, 0.6) is 11.5 Å². The van der Waals surface area contributed by atoms with Crippen molar-refractivity contribution in [3.8, 4) is 11.5 Å². The molecule has 22 heavy (non-hydrogen) atoms. The predicted molar refractivity (Wildman–Crippen MR) is 78.0 cm³/mol. The minimum Gasteiger partial charge on any atom is -0.484 e. The maximum Gasteiger partial charge on any atom is 0.262 e. The number of fused-ring (bicyclic) bond motifs is 1. The Kier molecular flexibility index (Phi) is 4.43. The maximum atomic E-state index is 11.7. The van der Waals surface area contributed by atoms with Crippen LogP contribution in [0.4, 0.5) is 5.69 Å². The van der Waals surface area contributed by atoms with E-state index in [4.69, 9.17) is 14.2 Å². The van der Waals surface area contributed by atoms with Crippen LogP contribution in [0.3, 0.4) is 0 Å². The summed E-state index contributed by atoms with van der Waals surface area (Å²) in [5, 5.41) is 5.47. The molecule has 0 saturated carbocycles. The monoisotopic (exact) mass is 306 g/mol. The molecule has 1 aromatic carbocycles. The summed E-state index contributed by atoms with van der Waals surface area (Å²) in [7, 11) is 0. The van der Waals surface area contributed by atoms with Crippen molar-refractivity contribution in [3.63, 3.8) is 0 Å². The van der Waals surface area contributed by atoms with Gasteiger partial charge < -0.3 is 24.8 Å². The summed E-state index contributed by atoms with van der Waals surface area (Å²) >= 11 is 0. The summed E-state index contributed by atoms with van der Waals surface area (Å²) in [4.78, 5) is 23.0. The van der Waals surface area contributed by atoms with Crippen molar-refractivity contribution < 1.29 is 23.8 Å². The third-order valence-corrected chi connectivity index (χ3v) is 3.50. The number of benzene rings is 1. The van der Waals surface area contributed by atoms with Crippen LogP contribution in [0.2, 0.25) is 0 Å². The van der Waals surface area contributed by atoms with Crippen LogP contribution >= 0.6 is 0 Å². The molecule has 1 aromatic rings. The van der Waals surface area contributed by atoms with Gasteiger partial charge in [-0.1, -0.05) is 0 Å². The third kappa shape index (κ3) is 3.67. The molecule has 0 spiro atoms. The van der Waals surface area contributed by atoms with Gasteiger partial charge in [-0.3, -0.25) is 9.59 Å². The van der Waals surface area contributed by atoms with E-state index < -0.39 is 0 Å². The van der Waals surface area contributed by atoms with Crippen LogP contribution in [0.1, 0.15) is 12.8 Å². The number of carbonyl (C=O) groups is 2. The Bertz CT molecular complexity index is 569. The Morgan fingerprint density at radius 3 is 3.18 bits per heavy atom. The van der Waals surface area contributed by atoms with Crippen molar-refractivity contribution in [1.82, 2.24) is 5.32 Å². The van der Waals surface area contributed by atoms with E-state index in [1.54, 1.807) is 18.2 Å². The summed E-state index contributed by atoms with van der Waals surface area (Å²) in [5.41, 5.74) is 0.550. The number of rotatable bonds is 5. The first-order chi connectivity index (χ1) is 10.7. The molecule has 7 nitrogen and oxygen atoms in total. The smallest absolute Gasteiger partial charge is 0.262 e. The molecule has 118 valence electrons. The van der Waals surface area contributed by atoms with Crippen molar-refractivity contribution in [3.05, 3.63) is 18.2 Å². The van der Waals surface area contributed by atoms with Gasteiger partial charge in [0.1, 0.15) is 11.5 Å². The lowest BCUT2D eigenvalue weighted by molar-refractivity contribution is -0.123. The molecular weight excluding hydrogens is 288 g/mol. The molecule has 0 aromatic heterocycles. The highest BCUT2D eigenvalue weighted by molar-refractivity contribution is 5.95. The Balaban J connectivity index is 1.47. The van der Waals surface area contributed by atoms with Gasteiger partial charge in [-0.05, 0) is 25.0 Å². The maximum absolute atomic E-state index is 11.7. The second-order valence-electron chi connectivity index (χ2n) is 5.22. The molecule has 7 heteroatoms. The minimum absolute atomic E-state index is 0.0127. The van der Waals surface area contributed by atoms with Gasteiger partial charge in [-0.15, -0.1) is 0 Å². The van der Waals surface area contributed by atoms with Crippen LogP contribution in [0.15, 0.2) is 18.2 Å². The van der Waals surface area contributed by atoms with E-state index in [0.29, 0.717) is 23.7 Å². The fraction of sp³-hybridized carbons (Fsp3) is 0.467. The third-order valence-electron chi connectivity index (χ3n) is 3.50. The number of ether oxygens (including phenoxy) is 3. The molecule has 0 radical (unpaired) electrons. The molecule has 0 bridgehead atoms. The van der Waals surface area contributed by atoms with Crippen LogP contribution in [-0.2, 0) is 14.3 Å². The van der Waals surface area contributed by atoms with Gasteiger partial charge in [0.25, 0.3) is 11.8 Å². The zero-order valence-corrected chi connectivity index (χ0v) is 12.1. The van der Waals surface area contributed by atoms with E-state index in [-0.39, 0.29) is 31.1 Å². The van der Waals surface area contributed by atoms with Crippen molar-refractivity contribution in [2.45, 2.75) is 18.9 Å². The molecule has 2 heterocycles. The number of hydrogen-bond acceptors (Lipinski definition) is 5. The summed E-state index contributed by atoms with van der Waals surface area (Å²) < 4.78 is 16.1. The van der Waals surface area contributed by atoms with Gasteiger partial charge in [-0.25, -0.2) is 0 Å².